The van der Waals surface area contributed by atoms with Crippen LogP contribution in [0.2, 0.25) is 0 Å². The Bertz CT molecular complexity index is 2000. The lowest BCUT2D eigenvalue weighted by atomic mass is 9.84. The molecule has 7 nitrogen and oxygen atoms in total. The molecule has 2 aromatic heterocycles. The Morgan fingerprint density at radius 1 is 1.06 bits per heavy atom. The van der Waals surface area contributed by atoms with E-state index in [4.69, 9.17) is 19.7 Å². The minimum absolute atomic E-state index is 0.171. The second kappa shape index (κ2) is 12.3. The summed E-state index contributed by atoms with van der Waals surface area (Å²) in [6.07, 6.45) is 3.60. The van der Waals surface area contributed by atoms with Crippen LogP contribution < -0.4 is 4.74 Å². The van der Waals surface area contributed by atoms with Crippen LogP contribution in [0.1, 0.15) is 64.3 Å². The number of amides is 1. The molecule has 12 heteroatoms. The quantitative estimate of drug-likeness (QED) is 0.183. The van der Waals surface area contributed by atoms with Gasteiger partial charge in [-0.3, -0.25) is 0 Å². The highest BCUT2D eigenvalue weighted by Crippen LogP contribution is 2.54. The van der Waals surface area contributed by atoms with Crippen LogP contribution in [0.25, 0.3) is 31.4 Å². The number of thioether (sulfide) groups is 1. The van der Waals surface area contributed by atoms with Crippen LogP contribution in [0.5, 0.6) is 11.5 Å². The molecule has 2 aliphatic heterocycles. The summed E-state index contributed by atoms with van der Waals surface area (Å²) in [6.45, 7) is 8.70. The lowest BCUT2D eigenvalue weighted by Crippen LogP contribution is -2.51. The van der Waals surface area contributed by atoms with Gasteiger partial charge in [-0.25, -0.2) is 22.6 Å². The smallest absolute Gasteiger partial charge is 0.407 e. The summed E-state index contributed by atoms with van der Waals surface area (Å²) < 4.78 is 60.2. The van der Waals surface area contributed by atoms with Gasteiger partial charge in [-0.05, 0) is 72.7 Å². The lowest BCUT2D eigenvalue weighted by Gasteiger charge is -2.36. The van der Waals surface area contributed by atoms with Gasteiger partial charge in [0, 0.05) is 58.7 Å². The Morgan fingerprint density at radius 2 is 1.81 bits per heavy atom. The molecular weight excluding hydrogens is 660 g/mol. The summed E-state index contributed by atoms with van der Waals surface area (Å²) in [5.41, 5.74) is 1.28. The third-order valence-electron chi connectivity index (χ3n) is 8.89. The van der Waals surface area contributed by atoms with Crippen molar-refractivity contribution in [3.05, 3.63) is 71.7 Å². The molecule has 5 aromatic rings. The van der Waals surface area contributed by atoms with Crippen LogP contribution in [-0.4, -0.2) is 50.8 Å². The number of thiophene rings is 1. The minimum Gasteiger partial charge on any atom is -0.465 e. The van der Waals surface area contributed by atoms with E-state index in [1.54, 1.807) is 11.8 Å². The first-order valence-corrected chi connectivity index (χ1v) is 17.7. The third-order valence-corrected chi connectivity index (χ3v) is 11.3. The van der Waals surface area contributed by atoms with Crippen LogP contribution in [0, 0.1) is 5.82 Å². The maximum absolute atomic E-state index is 15.1. The Kier molecular flexibility index (Phi) is 8.40. The van der Waals surface area contributed by atoms with E-state index < -0.39 is 23.4 Å². The second-order valence-corrected chi connectivity index (χ2v) is 16.0. The third kappa shape index (κ3) is 6.14. The van der Waals surface area contributed by atoms with E-state index in [0.717, 1.165) is 63.7 Å². The summed E-state index contributed by atoms with van der Waals surface area (Å²) in [4.78, 5) is 14.0. The van der Waals surface area contributed by atoms with Crippen LogP contribution in [0.15, 0.2) is 59.6 Å². The number of hydrogen-bond acceptors (Lipinski definition) is 6. The van der Waals surface area contributed by atoms with Crippen molar-refractivity contribution in [1.82, 2.24) is 14.7 Å². The number of halogens is 3. The number of aromatic nitrogens is 2. The molecule has 3 aromatic carbocycles. The topological polar surface area (TPSA) is 76.8 Å². The van der Waals surface area contributed by atoms with Crippen molar-refractivity contribution in [2.75, 3.05) is 19.7 Å². The highest BCUT2D eigenvalue weighted by molar-refractivity contribution is 8.00. The molecule has 1 N–H and O–H groups in total. The predicted molar refractivity (Wildman–Crippen MR) is 183 cm³/mol. The van der Waals surface area contributed by atoms with E-state index in [1.807, 2.05) is 35.1 Å². The number of likely N-dealkylation sites (tertiary alicyclic amines) is 1. The normalized spacial score (nSPS) is 17.6. The number of carbonyl (C=O) groups is 1. The van der Waals surface area contributed by atoms with E-state index in [-0.39, 0.29) is 22.5 Å². The van der Waals surface area contributed by atoms with E-state index in [1.165, 1.54) is 28.4 Å². The number of alkyl halides is 2. The Morgan fingerprint density at radius 3 is 2.46 bits per heavy atom. The number of fused-ring (bicyclic) bond motifs is 3. The van der Waals surface area contributed by atoms with E-state index >= 15 is 8.78 Å². The second-order valence-electron chi connectivity index (χ2n) is 13.6. The molecule has 0 aliphatic carbocycles. The van der Waals surface area contributed by atoms with Gasteiger partial charge in [0.05, 0.1) is 21.3 Å². The van der Waals surface area contributed by atoms with Gasteiger partial charge in [0.15, 0.2) is 12.0 Å². The van der Waals surface area contributed by atoms with Crippen LogP contribution >= 0.6 is 23.1 Å². The molecule has 7 rings (SSSR count). The fraction of sp³-hybridized carbons (Fsp3) is 0.389. The number of nitrogens with zero attached hydrogens (tertiary/aromatic N) is 3. The molecule has 0 spiro atoms. The first kappa shape index (κ1) is 32.8. The van der Waals surface area contributed by atoms with Crippen molar-refractivity contribution >= 4 is 50.2 Å². The van der Waals surface area contributed by atoms with Gasteiger partial charge in [0.25, 0.3) is 5.92 Å². The van der Waals surface area contributed by atoms with Gasteiger partial charge in [-0.1, -0.05) is 26.8 Å². The first-order valence-electron chi connectivity index (χ1n) is 16.0. The highest BCUT2D eigenvalue weighted by atomic mass is 32.2. The van der Waals surface area contributed by atoms with Gasteiger partial charge in [0.2, 0.25) is 0 Å². The molecule has 4 heterocycles. The Hall–Kier alpha value is -3.74. The summed E-state index contributed by atoms with van der Waals surface area (Å²) in [6, 6.07) is 13.1. The molecule has 252 valence electrons. The number of carboxylic acid groups (broad SMARTS) is 1. The minimum atomic E-state index is -3.31. The Labute approximate surface area is 284 Å². The van der Waals surface area contributed by atoms with Gasteiger partial charge < -0.3 is 19.5 Å². The van der Waals surface area contributed by atoms with Crippen molar-refractivity contribution in [1.29, 1.82) is 0 Å². The fourth-order valence-corrected chi connectivity index (χ4v) is 8.89. The molecule has 1 atom stereocenters. The number of ether oxygens (including phenoxy) is 2. The van der Waals surface area contributed by atoms with Gasteiger partial charge >= 0.3 is 6.09 Å². The molecule has 0 bridgehead atoms. The molecular formula is C36H36F3N3O4S2. The van der Waals surface area contributed by atoms with E-state index in [9.17, 15) is 9.18 Å². The maximum atomic E-state index is 15.1. The molecule has 1 unspecified atom stereocenters. The van der Waals surface area contributed by atoms with E-state index in [2.05, 4.69) is 26.8 Å². The van der Waals surface area contributed by atoms with Gasteiger partial charge in [-0.15, -0.1) is 23.1 Å². The van der Waals surface area contributed by atoms with Crippen molar-refractivity contribution < 1.29 is 32.5 Å². The zero-order valence-corrected chi connectivity index (χ0v) is 28.7. The van der Waals surface area contributed by atoms with Crippen molar-refractivity contribution in [3.8, 4) is 21.9 Å². The summed E-state index contributed by atoms with van der Waals surface area (Å²) in [7, 11) is 0. The standard InChI is InChI=1S/C36H36F3N3O4S2/c1-35(2,3)27-16-28-25(17-40-42(28)29-7-5-6-14-45-29)32-30(27)31(33(48-32)24-13-8-20(37)15-26(24)36(4,38)39)46-21-9-11-22(12-10-21)47-23-18-41(19-23)34(43)44/h8-13,15-17,23,29H,5-7,14,18-19H2,1-4H3,(H,43,44). The molecule has 2 aliphatic rings. The summed E-state index contributed by atoms with van der Waals surface area (Å²) >= 11 is 2.95. The van der Waals surface area contributed by atoms with Gasteiger partial charge in [-0.2, -0.15) is 5.10 Å². The molecule has 1 amide bonds. The molecule has 2 saturated heterocycles. The number of rotatable bonds is 7. The van der Waals surface area contributed by atoms with Crippen LogP contribution in [0.4, 0.5) is 18.0 Å². The van der Waals surface area contributed by atoms with Crippen molar-refractivity contribution in [3.63, 3.8) is 0 Å². The van der Waals surface area contributed by atoms with Crippen molar-refractivity contribution in [2.24, 2.45) is 0 Å². The first-order chi connectivity index (χ1) is 22.8. The fourth-order valence-electron chi connectivity index (χ4n) is 6.41. The number of hydrogen-bond donors (Lipinski definition) is 1. The van der Waals surface area contributed by atoms with E-state index in [0.29, 0.717) is 36.1 Å². The highest BCUT2D eigenvalue weighted by Gasteiger charge is 2.34. The summed E-state index contributed by atoms with van der Waals surface area (Å²) in [5, 5.41) is 15.8. The van der Waals surface area contributed by atoms with Gasteiger partial charge in [0.1, 0.15) is 11.6 Å². The number of benzene rings is 3. The average Bonchev–Trinajstić information content (AvgIpc) is 3.60. The largest absolute Gasteiger partial charge is 0.465 e. The average molecular weight is 696 g/mol. The molecule has 48 heavy (non-hydrogen) atoms. The molecule has 2 fully saturated rings. The maximum Gasteiger partial charge on any atom is 0.407 e. The predicted octanol–water partition coefficient (Wildman–Crippen LogP) is 10.4. The van der Waals surface area contributed by atoms with Crippen LogP contribution in [-0.2, 0) is 16.1 Å². The Balaban J connectivity index is 1.39. The lowest BCUT2D eigenvalue weighted by molar-refractivity contribution is -0.0366. The SMILES string of the molecule is CC(C)(C)c1cc2c(cnn2C2CCCCO2)c2sc(-c3ccc(F)cc3C(C)(F)F)c(Oc3ccc(SC4CN(C(=O)O)C4)cc3)c12. The molecule has 0 radical (unpaired) electrons. The zero-order valence-electron chi connectivity index (χ0n) is 27.1. The van der Waals surface area contributed by atoms with Crippen molar-refractivity contribution in [2.45, 2.75) is 74.7 Å². The van der Waals surface area contributed by atoms with Crippen LogP contribution in [0.3, 0.4) is 0 Å². The summed E-state index contributed by atoms with van der Waals surface area (Å²) in [5.74, 6) is -3.11. The molecule has 0 saturated carbocycles. The monoisotopic (exact) mass is 695 g/mol. The zero-order chi connectivity index (χ0) is 34.0.